The molecule has 1 saturated heterocycles. The van der Waals surface area contributed by atoms with Gasteiger partial charge in [0.15, 0.2) is 0 Å². The molecular weight excluding hydrogens is 288 g/mol. The van der Waals surface area contributed by atoms with E-state index in [4.69, 9.17) is 5.11 Å². The molecular formula is C15H26N2O3S. The number of nitrogens with zero attached hydrogens (tertiary/aromatic N) is 1. The van der Waals surface area contributed by atoms with Gasteiger partial charge in [0, 0.05) is 24.1 Å². The lowest BCUT2D eigenvalue weighted by molar-refractivity contribution is -0.138. The van der Waals surface area contributed by atoms with E-state index in [1.807, 2.05) is 0 Å². The first-order valence-corrected chi connectivity index (χ1v) is 9.08. The van der Waals surface area contributed by atoms with Gasteiger partial charge in [-0.15, -0.1) is 0 Å². The number of carbonyl (C=O) groups is 2. The van der Waals surface area contributed by atoms with E-state index in [-0.39, 0.29) is 24.5 Å². The minimum absolute atomic E-state index is 0.0438. The van der Waals surface area contributed by atoms with Gasteiger partial charge in [0.1, 0.15) is 0 Å². The van der Waals surface area contributed by atoms with E-state index in [1.54, 1.807) is 16.7 Å². The first-order chi connectivity index (χ1) is 10.1. The SMILES string of the molecule is CC1CCCC(NC(=O)N2CCSCC2CC(=O)O)CC1. The Morgan fingerprint density at radius 3 is 2.86 bits per heavy atom. The Bertz CT molecular complexity index is 378. The van der Waals surface area contributed by atoms with Gasteiger partial charge in [-0.05, 0) is 25.2 Å². The summed E-state index contributed by atoms with van der Waals surface area (Å²) in [5.41, 5.74) is 0. The maximum absolute atomic E-state index is 12.5. The van der Waals surface area contributed by atoms with Gasteiger partial charge in [-0.3, -0.25) is 4.79 Å². The van der Waals surface area contributed by atoms with E-state index in [0.29, 0.717) is 6.54 Å². The standard InChI is InChI=1S/C15H26N2O3S/c1-11-3-2-4-12(6-5-11)16-15(20)17-7-8-21-10-13(17)9-14(18)19/h11-13H,2-10H2,1H3,(H,16,20)(H,18,19). The number of carboxylic acid groups (broad SMARTS) is 1. The second kappa shape index (κ2) is 7.92. The number of urea groups is 1. The Morgan fingerprint density at radius 1 is 1.29 bits per heavy atom. The fourth-order valence-electron chi connectivity index (χ4n) is 3.18. The largest absolute Gasteiger partial charge is 0.481 e. The molecule has 0 aromatic rings. The van der Waals surface area contributed by atoms with E-state index in [9.17, 15) is 9.59 Å². The van der Waals surface area contributed by atoms with E-state index >= 15 is 0 Å². The Balaban J connectivity index is 1.89. The van der Waals surface area contributed by atoms with Crippen LogP contribution in [0.3, 0.4) is 0 Å². The molecule has 3 atom stereocenters. The molecule has 0 spiro atoms. The normalized spacial score (nSPS) is 30.5. The quantitative estimate of drug-likeness (QED) is 0.786. The van der Waals surface area contributed by atoms with Crippen molar-refractivity contribution >= 4 is 23.8 Å². The lowest BCUT2D eigenvalue weighted by atomic mass is 10.0. The van der Waals surface area contributed by atoms with Crippen LogP contribution in [0.4, 0.5) is 4.79 Å². The highest BCUT2D eigenvalue weighted by atomic mass is 32.2. The zero-order valence-electron chi connectivity index (χ0n) is 12.7. The highest BCUT2D eigenvalue weighted by Gasteiger charge is 2.30. The molecule has 2 rings (SSSR count). The lowest BCUT2D eigenvalue weighted by Crippen LogP contribution is -2.53. The molecule has 1 saturated carbocycles. The van der Waals surface area contributed by atoms with Crippen LogP contribution in [0.2, 0.25) is 0 Å². The Kier molecular flexibility index (Phi) is 6.21. The summed E-state index contributed by atoms with van der Waals surface area (Å²) in [6.45, 7) is 2.92. The summed E-state index contributed by atoms with van der Waals surface area (Å²) >= 11 is 1.73. The second-order valence-electron chi connectivity index (χ2n) is 6.28. The minimum Gasteiger partial charge on any atom is -0.481 e. The number of hydrogen-bond donors (Lipinski definition) is 2. The van der Waals surface area contributed by atoms with Gasteiger partial charge in [0.2, 0.25) is 0 Å². The first kappa shape index (κ1) is 16.5. The zero-order valence-corrected chi connectivity index (χ0v) is 13.5. The number of aliphatic carboxylic acids is 1. The van der Waals surface area contributed by atoms with Crippen LogP contribution in [0.15, 0.2) is 0 Å². The fraction of sp³-hybridized carbons (Fsp3) is 0.867. The van der Waals surface area contributed by atoms with Crippen molar-refractivity contribution in [3.05, 3.63) is 0 Å². The summed E-state index contributed by atoms with van der Waals surface area (Å²) < 4.78 is 0. The highest BCUT2D eigenvalue weighted by molar-refractivity contribution is 7.99. The molecule has 0 bridgehead atoms. The molecule has 2 fully saturated rings. The third-order valence-corrected chi connectivity index (χ3v) is 5.58. The summed E-state index contributed by atoms with van der Waals surface area (Å²) in [7, 11) is 0. The van der Waals surface area contributed by atoms with Crippen LogP contribution in [-0.4, -0.2) is 52.1 Å². The minimum atomic E-state index is -0.830. The number of carbonyl (C=O) groups excluding carboxylic acids is 1. The predicted molar refractivity (Wildman–Crippen MR) is 84.6 cm³/mol. The van der Waals surface area contributed by atoms with Crippen molar-refractivity contribution in [2.45, 2.75) is 57.5 Å². The average molecular weight is 314 g/mol. The van der Waals surface area contributed by atoms with E-state index in [0.717, 1.165) is 30.3 Å². The molecule has 0 aromatic heterocycles. The first-order valence-electron chi connectivity index (χ1n) is 7.93. The summed E-state index contributed by atoms with van der Waals surface area (Å²) in [5, 5.41) is 12.1. The molecule has 21 heavy (non-hydrogen) atoms. The summed E-state index contributed by atoms with van der Waals surface area (Å²) in [6, 6.07) is 0.00885. The van der Waals surface area contributed by atoms with Gasteiger partial charge < -0.3 is 15.3 Å². The molecule has 120 valence electrons. The van der Waals surface area contributed by atoms with Crippen LogP contribution in [0.1, 0.15) is 45.4 Å². The van der Waals surface area contributed by atoms with Crippen molar-refractivity contribution in [3.8, 4) is 0 Å². The fourth-order valence-corrected chi connectivity index (χ4v) is 4.24. The molecule has 2 aliphatic rings. The van der Waals surface area contributed by atoms with Crippen LogP contribution >= 0.6 is 11.8 Å². The molecule has 5 nitrogen and oxygen atoms in total. The van der Waals surface area contributed by atoms with E-state index < -0.39 is 5.97 Å². The molecule has 0 aromatic carbocycles. The molecule has 1 aliphatic heterocycles. The van der Waals surface area contributed by atoms with Crippen LogP contribution in [-0.2, 0) is 4.79 Å². The Labute approximate surface area is 130 Å². The topological polar surface area (TPSA) is 69.6 Å². The van der Waals surface area contributed by atoms with Crippen molar-refractivity contribution in [1.29, 1.82) is 0 Å². The van der Waals surface area contributed by atoms with E-state index in [2.05, 4.69) is 12.2 Å². The van der Waals surface area contributed by atoms with Crippen LogP contribution in [0, 0.1) is 5.92 Å². The van der Waals surface area contributed by atoms with E-state index in [1.165, 1.54) is 19.3 Å². The van der Waals surface area contributed by atoms with Crippen molar-refractivity contribution in [2.75, 3.05) is 18.1 Å². The van der Waals surface area contributed by atoms with Gasteiger partial charge in [0.05, 0.1) is 12.5 Å². The van der Waals surface area contributed by atoms with Crippen LogP contribution in [0.25, 0.3) is 0 Å². The van der Waals surface area contributed by atoms with Crippen molar-refractivity contribution < 1.29 is 14.7 Å². The number of hydrogen-bond acceptors (Lipinski definition) is 3. The molecule has 6 heteroatoms. The smallest absolute Gasteiger partial charge is 0.317 e. The Hall–Kier alpha value is -0.910. The molecule has 0 radical (unpaired) electrons. The van der Waals surface area contributed by atoms with Gasteiger partial charge in [0.25, 0.3) is 0 Å². The maximum atomic E-state index is 12.5. The van der Waals surface area contributed by atoms with Gasteiger partial charge in [-0.25, -0.2) is 4.79 Å². The highest BCUT2D eigenvalue weighted by Crippen LogP contribution is 2.24. The van der Waals surface area contributed by atoms with Crippen molar-refractivity contribution in [2.24, 2.45) is 5.92 Å². The predicted octanol–water partition coefficient (Wildman–Crippen LogP) is 2.56. The average Bonchev–Trinajstić information content (AvgIpc) is 2.63. The number of thioether (sulfide) groups is 1. The van der Waals surface area contributed by atoms with Gasteiger partial charge >= 0.3 is 12.0 Å². The molecule has 1 heterocycles. The molecule has 2 N–H and O–H groups in total. The molecule has 1 aliphatic carbocycles. The molecule has 2 amide bonds. The van der Waals surface area contributed by atoms with Gasteiger partial charge in [-0.2, -0.15) is 11.8 Å². The molecule has 3 unspecified atom stereocenters. The third kappa shape index (κ3) is 5.09. The maximum Gasteiger partial charge on any atom is 0.317 e. The number of carboxylic acids is 1. The zero-order chi connectivity index (χ0) is 15.2. The van der Waals surface area contributed by atoms with Crippen LogP contribution in [0.5, 0.6) is 0 Å². The summed E-state index contributed by atoms with van der Waals surface area (Å²) in [4.78, 5) is 25.1. The van der Waals surface area contributed by atoms with Crippen molar-refractivity contribution in [1.82, 2.24) is 10.2 Å². The van der Waals surface area contributed by atoms with Crippen molar-refractivity contribution in [3.63, 3.8) is 0 Å². The third-order valence-electron chi connectivity index (χ3n) is 4.48. The Morgan fingerprint density at radius 2 is 2.10 bits per heavy atom. The van der Waals surface area contributed by atoms with Crippen LogP contribution < -0.4 is 5.32 Å². The number of rotatable bonds is 3. The lowest BCUT2D eigenvalue weighted by Gasteiger charge is -2.35. The van der Waals surface area contributed by atoms with Gasteiger partial charge in [-0.1, -0.05) is 19.8 Å². The number of nitrogens with one attached hydrogen (secondary N) is 1. The summed E-state index contributed by atoms with van der Waals surface area (Å²) in [5.74, 6) is 1.54. The second-order valence-corrected chi connectivity index (χ2v) is 7.43. The monoisotopic (exact) mass is 314 g/mol. The summed E-state index contributed by atoms with van der Waals surface area (Å²) in [6.07, 6.45) is 5.71. The number of amides is 2.